The highest BCUT2D eigenvalue weighted by Crippen LogP contribution is 2.44. The van der Waals surface area contributed by atoms with Gasteiger partial charge in [0, 0.05) is 27.2 Å². The van der Waals surface area contributed by atoms with Crippen molar-refractivity contribution >= 4 is 21.4 Å². The lowest BCUT2D eigenvalue weighted by Crippen LogP contribution is -2.25. The van der Waals surface area contributed by atoms with Crippen molar-refractivity contribution in [1.82, 2.24) is 4.90 Å². The zero-order chi connectivity index (χ0) is 25.2. The van der Waals surface area contributed by atoms with Gasteiger partial charge in [-0.1, -0.05) is 42.5 Å². The number of thiophene rings is 1. The summed E-state index contributed by atoms with van der Waals surface area (Å²) in [5.74, 6) is 0.838. The first-order valence-electron chi connectivity index (χ1n) is 13.2. The molecule has 4 aromatic rings. The monoisotopic (exact) mass is 515 g/mol. The Labute approximate surface area is 222 Å². The summed E-state index contributed by atoms with van der Waals surface area (Å²) >= 11 is 1.71. The van der Waals surface area contributed by atoms with E-state index in [1.54, 1.807) is 11.3 Å². The quantitative estimate of drug-likeness (QED) is 0.291. The molecule has 6 heteroatoms. The van der Waals surface area contributed by atoms with Gasteiger partial charge in [0.15, 0.2) is 6.29 Å². The molecule has 5 nitrogen and oxygen atoms in total. The van der Waals surface area contributed by atoms with Crippen LogP contribution in [-0.4, -0.2) is 49.5 Å². The summed E-state index contributed by atoms with van der Waals surface area (Å²) in [4.78, 5) is 3.52. The number of hydrogen-bond acceptors (Lipinski definition) is 6. The summed E-state index contributed by atoms with van der Waals surface area (Å²) < 4.78 is 18.7. The lowest BCUT2D eigenvalue weighted by atomic mass is 9.94. The Kier molecular flexibility index (Phi) is 7.27. The Bertz CT molecular complexity index is 1350. The first-order valence-corrected chi connectivity index (χ1v) is 14.0. The van der Waals surface area contributed by atoms with Gasteiger partial charge >= 0.3 is 0 Å². The summed E-state index contributed by atoms with van der Waals surface area (Å²) in [6.07, 6.45) is 1.49. The fourth-order valence-corrected chi connectivity index (χ4v) is 6.57. The summed E-state index contributed by atoms with van der Waals surface area (Å²) in [6, 6.07) is 22.6. The molecule has 1 unspecified atom stereocenters. The first kappa shape index (κ1) is 24.6. The van der Waals surface area contributed by atoms with Crippen LogP contribution in [-0.2, 0) is 9.47 Å². The molecule has 0 saturated carbocycles. The molecule has 0 aliphatic carbocycles. The Balaban J connectivity index is 1.29. The largest absolute Gasteiger partial charge is 0.492 e. The van der Waals surface area contributed by atoms with Gasteiger partial charge in [0.05, 0.1) is 13.2 Å². The highest BCUT2D eigenvalue weighted by molar-refractivity contribution is 7.22. The van der Waals surface area contributed by atoms with E-state index in [2.05, 4.69) is 42.2 Å². The van der Waals surface area contributed by atoms with Gasteiger partial charge < -0.3 is 19.3 Å². The Morgan fingerprint density at radius 2 is 1.76 bits per heavy atom. The lowest BCUT2D eigenvalue weighted by molar-refractivity contribution is -0.0445. The molecule has 0 bridgehead atoms. The van der Waals surface area contributed by atoms with E-state index in [1.807, 2.05) is 36.4 Å². The maximum absolute atomic E-state index is 11.7. The van der Waals surface area contributed by atoms with Gasteiger partial charge in [-0.25, -0.2) is 0 Å². The molecule has 37 heavy (non-hydrogen) atoms. The smallest absolute Gasteiger partial charge is 0.184 e. The molecule has 1 aromatic heterocycles. The van der Waals surface area contributed by atoms with Crippen LogP contribution in [0.25, 0.3) is 20.5 Å². The number of rotatable bonds is 8. The number of aliphatic hydroxyl groups is 1. The van der Waals surface area contributed by atoms with Gasteiger partial charge in [-0.2, -0.15) is 0 Å². The molecular formula is C31H33NO4S. The maximum atomic E-state index is 11.7. The van der Waals surface area contributed by atoms with E-state index in [0.717, 1.165) is 55.1 Å². The SMILES string of the molecule is Cc1ccc(-c2sc3ccccc3c2C(O)c2ccc(OCCN3CCCC3)cc2)cc1C1OCCO1. The third kappa shape index (κ3) is 5.17. The molecular weight excluding hydrogens is 482 g/mol. The Morgan fingerprint density at radius 3 is 2.54 bits per heavy atom. The van der Waals surface area contributed by atoms with Crippen LogP contribution in [0.1, 0.15) is 47.5 Å². The highest BCUT2D eigenvalue weighted by Gasteiger charge is 2.25. The van der Waals surface area contributed by atoms with Crippen LogP contribution in [0.4, 0.5) is 0 Å². The lowest BCUT2D eigenvalue weighted by Gasteiger charge is -2.17. The van der Waals surface area contributed by atoms with Crippen LogP contribution in [0.15, 0.2) is 66.7 Å². The number of ether oxygens (including phenoxy) is 3. The van der Waals surface area contributed by atoms with Gasteiger partial charge in [0.2, 0.25) is 0 Å². The van der Waals surface area contributed by atoms with Crippen molar-refractivity contribution in [3.05, 3.63) is 89.0 Å². The van der Waals surface area contributed by atoms with Crippen molar-refractivity contribution in [1.29, 1.82) is 0 Å². The molecule has 1 N–H and O–H groups in total. The van der Waals surface area contributed by atoms with E-state index in [-0.39, 0.29) is 6.29 Å². The van der Waals surface area contributed by atoms with Crippen molar-refractivity contribution in [3.63, 3.8) is 0 Å². The standard InChI is InChI=1S/C31H33NO4S/c1-21-8-9-23(20-26(21)31-35-18-19-36-31)30-28(25-6-2-3-7-27(25)37-30)29(33)22-10-12-24(13-11-22)34-17-16-32-14-4-5-15-32/h2-3,6-13,20,29,31,33H,4-5,14-19H2,1H3. The molecule has 6 rings (SSSR count). The van der Waals surface area contributed by atoms with Crippen LogP contribution in [0.2, 0.25) is 0 Å². The molecule has 0 radical (unpaired) electrons. The van der Waals surface area contributed by atoms with E-state index < -0.39 is 6.10 Å². The number of fused-ring (bicyclic) bond motifs is 1. The zero-order valence-electron chi connectivity index (χ0n) is 21.2. The summed E-state index contributed by atoms with van der Waals surface area (Å²) in [6.45, 7) is 7.30. The predicted molar refractivity (Wildman–Crippen MR) is 148 cm³/mol. The second kappa shape index (κ2) is 10.9. The van der Waals surface area contributed by atoms with E-state index in [4.69, 9.17) is 14.2 Å². The number of hydrogen-bond donors (Lipinski definition) is 1. The number of aryl methyl sites for hydroxylation is 1. The third-order valence-electron chi connectivity index (χ3n) is 7.40. The molecule has 3 heterocycles. The van der Waals surface area contributed by atoms with Crippen molar-refractivity contribution in [2.45, 2.75) is 32.2 Å². The predicted octanol–water partition coefficient (Wildman–Crippen LogP) is 6.48. The minimum Gasteiger partial charge on any atom is -0.492 e. The second-order valence-electron chi connectivity index (χ2n) is 9.85. The van der Waals surface area contributed by atoms with E-state index in [1.165, 1.54) is 25.9 Å². The Morgan fingerprint density at radius 1 is 1.00 bits per heavy atom. The van der Waals surface area contributed by atoms with E-state index in [0.29, 0.717) is 19.8 Å². The summed E-state index contributed by atoms with van der Waals surface area (Å²) in [5.41, 5.74) is 5.04. The molecule has 1 atom stereocenters. The van der Waals surface area contributed by atoms with Gasteiger partial charge in [0.25, 0.3) is 0 Å². The first-order chi connectivity index (χ1) is 18.2. The molecule has 3 aromatic carbocycles. The van der Waals surface area contributed by atoms with Crippen molar-refractivity contribution in [2.24, 2.45) is 0 Å². The third-order valence-corrected chi connectivity index (χ3v) is 8.63. The Hall–Kier alpha value is -2.74. The van der Waals surface area contributed by atoms with Crippen LogP contribution < -0.4 is 4.74 Å². The minimum absolute atomic E-state index is 0.333. The fraction of sp³-hybridized carbons (Fsp3) is 0.355. The van der Waals surface area contributed by atoms with E-state index >= 15 is 0 Å². The zero-order valence-corrected chi connectivity index (χ0v) is 22.0. The fourth-order valence-electron chi connectivity index (χ4n) is 5.34. The van der Waals surface area contributed by atoms with Crippen molar-refractivity contribution < 1.29 is 19.3 Å². The van der Waals surface area contributed by atoms with Gasteiger partial charge in [0.1, 0.15) is 18.5 Å². The molecule has 2 aliphatic rings. The van der Waals surface area contributed by atoms with E-state index in [9.17, 15) is 5.11 Å². The summed E-state index contributed by atoms with van der Waals surface area (Å²) in [5, 5.41) is 12.8. The molecule has 2 fully saturated rings. The minimum atomic E-state index is -0.756. The highest BCUT2D eigenvalue weighted by atomic mass is 32.1. The average molecular weight is 516 g/mol. The van der Waals surface area contributed by atoms with Crippen LogP contribution in [0, 0.1) is 6.92 Å². The van der Waals surface area contributed by atoms with Crippen LogP contribution in [0.3, 0.4) is 0 Å². The van der Waals surface area contributed by atoms with Crippen LogP contribution >= 0.6 is 11.3 Å². The number of aliphatic hydroxyl groups excluding tert-OH is 1. The molecule has 2 aliphatic heterocycles. The number of benzene rings is 3. The van der Waals surface area contributed by atoms with Crippen molar-refractivity contribution in [2.75, 3.05) is 39.5 Å². The maximum Gasteiger partial charge on any atom is 0.184 e. The second-order valence-corrected chi connectivity index (χ2v) is 10.9. The topological polar surface area (TPSA) is 51.2 Å². The van der Waals surface area contributed by atoms with Crippen LogP contribution in [0.5, 0.6) is 5.75 Å². The molecule has 0 amide bonds. The van der Waals surface area contributed by atoms with Crippen molar-refractivity contribution in [3.8, 4) is 16.2 Å². The molecule has 2 saturated heterocycles. The average Bonchev–Trinajstić information content (AvgIpc) is 3.70. The normalized spacial score (nSPS) is 17.6. The van der Waals surface area contributed by atoms with Gasteiger partial charge in [-0.05, 0) is 79.2 Å². The number of likely N-dealkylation sites (tertiary alicyclic amines) is 1. The van der Waals surface area contributed by atoms with Gasteiger partial charge in [-0.3, -0.25) is 4.90 Å². The molecule has 192 valence electrons. The van der Waals surface area contributed by atoms with Gasteiger partial charge in [-0.15, -0.1) is 11.3 Å². The number of nitrogens with zero attached hydrogens (tertiary/aromatic N) is 1. The summed E-state index contributed by atoms with van der Waals surface area (Å²) in [7, 11) is 0. The molecule has 0 spiro atoms.